The molecular formula is C49H35NO2. The lowest BCUT2D eigenvalue weighted by atomic mass is 9.93. The summed E-state index contributed by atoms with van der Waals surface area (Å²) in [7, 11) is 0. The van der Waals surface area contributed by atoms with Crippen LogP contribution >= 0.6 is 0 Å². The number of nitrogens with one attached hydrogen (secondary N) is 1. The third-order valence-corrected chi connectivity index (χ3v) is 10.5. The Hall–Kier alpha value is -6.58. The van der Waals surface area contributed by atoms with Gasteiger partial charge in [0, 0.05) is 38.3 Å². The van der Waals surface area contributed by atoms with Gasteiger partial charge in [0.2, 0.25) is 0 Å². The zero-order valence-electron chi connectivity index (χ0n) is 28.8. The molecule has 1 N–H and O–H groups in total. The van der Waals surface area contributed by atoms with Crippen LogP contribution in [0.3, 0.4) is 0 Å². The molecule has 0 amide bonds. The number of rotatable bonds is 6. The standard InChI is InChI=1S/C49H35NO2/c1-31-10-2-3-13-39(31)34-22-20-32(21-23-34)35-11-8-12-36(28-35)42-29-37(30-43-40-14-4-6-17-45(40)52-49(42)43)33-24-26-38(27-25-33)50-44-16-9-19-47-48(44)41-15-5-7-18-46(41)51-47/h2-8,10-15,17-30,50H,9,16H2,1H3. The van der Waals surface area contributed by atoms with E-state index in [0.717, 1.165) is 79.1 Å². The molecule has 0 fully saturated rings. The summed E-state index contributed by atoms with van der Waals surface area (Å²) >= 11 is 0. The van der Waals surface area contributed by atoms with Crippen molar-refractivity contribution in [1.82, 2.24) is 0 Å². The van der Waals surface area contributed by atoms with Gasteiger partial charge in [-0.2, -0.15) is 0 Å². The van der Waals surface area contributed by atoms with E-state index in [1.165, 1.54) is 38.7 Å². The Morgan fingerprint density at radius 1 is 0.481 bits per heavy atom. The molecule has 0 spiro atoms. The molecule has 0 aliphatic heterocycles. The van der Waals surface area contributed by atoms with E-state index in [-0.39, 0.29) is 0 Å². The van der Waals surface area contributed by atoms with Crippen LogP contribution in [0.5, 0.6) is 0 Å². The summed E-state index contributed by atoms with van der Waals surface area (Å²) in [5.41, 5.74) is 16.6. The lowest BCUT2D eigenvalue weighted by molar-refractivity contribution is 0.571. The zero-order valence-corrected chi connectivity index (χ0v) is 28.8. The highest BCUT2D eigenvalue weighted by Crippen LogP contribution is 2.41. The lowest BCUT2D eigenvalue weighted by Gasteiger charge is -2.14. The first-order valence-electron chi connectivity index (χ1n) is 18.0. The Labute approximate surface area is 301 Å². The monoisotopic (exact) mass is 669 g/mol. The summed E-state index contributed by atoms with van der Waals surface area (Å²) < 4.78 is 12.8. The fourth-order valence-corrected chi connectivity index (χ4v) is 7.85. The molecule has 52 heavy (non-hydrogen) atoms. The molecule has 0 atom stereocenters. The van der Waals surface area contributed by atoms with Crippen LogP contribution < -0.4 is 16.0 Å². The van der Waals surface area contributed by atoms with Crippen LogP contribution in [0.25, 0.3) is 89.2 Å². The van der Waals surface area contributed by atoms with Gasteiger partial charge < -0.3 is 14.2 Å². The summed E-state index contributed by atoms with van der Waals surface area (Å²) in [6, 6.07) is 56.2. The van der Waals surface area contributed by atoms with E-state index in [4.69, 9.17) is 8.83 Å². The maximum Gasteiger partial charge on any atom is 0.143 e. The SMILES string of the molecule is Cc1ccccc1-c1ccc(-c2cccc(-c3cc(-c4ccc(NC5=c6c(oc7ccccc67)=CCC5)cc4)cc4c3oc3ccccc34)c2)cc1. The molecule has 0 saturated heterocycles. The van der Waals surface area contributed by atoms with E-state index in [1.54, 1.807) is 0 Å². The quantitative estimate of drug-likeness (QED) is 0.191. The molecule has 9 aromatic rings. The van der Waals surface area contributed by atoms with Crippen LogP contribution in [0, 0.1) is 6.92 Å². The molecule has 3 nitrogen and oxygen atoms in total. The van der Waals surface area contributed by atoms with Gasteiger partial charge in [-0.15, -0.1) is 0 Å². The van der Waals surface area contributed by atoms with E-state index in [1.807, 2.05) is 18.2 Å². The fourth-order valence-electron chi connectivity index (χ4n) is 7.85. The topological polar surface area (TPSA) is 38.3 Å². The van der Waals surface area contributed by atoms with E-state index in [9.17, 15) is 0 Å². The van der Waals surface area contributed by atoms with Gasteiger partial charge in [0.15, 0.2) is 0 Å². The van der Waals surface area contributed by atoms with Gasteiger partial charge in [-0.25, -0.2) is 0 Å². The molecule has 1 aliphatic carbocycles. The fraction of sp³-hybridized carbons (Fsp3) is 0.0612. The molecule has 0 saturated carbocycles. The van der Waals surface area contributed by atoms with Crippen molar-refractivity contribution >= 4 is 50.4 Å². The minimum atomic E-state index is 0.895. The maximum absolute atomic E-state index is 6.58. The zero-order chi connectivity index (χ0) is 34.6. The van der Waals surface area contributed by atoms with E-state index >= 15 is 0 Å². The van der Waals surface area contributed by atoms with Gasteiger partial charge in [-0.3, -0.25) is 0 Å². The normalized spacial score (nSPS) is 12.7. The first kappa shape index (κ1) is 30.3. The predicted molar refractivity (Wildman–Crippen MR) is 216 cm³/mol. The molecule has 7 aromatic carbocycles. The Bertz CT molecular complexity index is 2930. The van der Waals surface area contributed by atoms with Crippen molar-refractivity contribution in [3.63, 3.8) is 0 Å². The molecule has 1 aliphatic rings. The number of hydrogen-bond acceptors (Lipinski definition) is 3. The summed E-state index contributed by atoms with van der Waals surface area (Å²) in [4.78, 5) is 0. The molecule has 0 bridgehead atoms. The first-order valence-corrected chi connectivity index (χ1v) is 18.0. The molecular weight excluding hydrogens is 635 g/mol. The number of aryl methyl sites for hydroxylation is 1. The molecule has 3 heteroatoms. The van der Waals surface area contributed by atoms with E-state index in [0.29, 0.717) is 0 Å². The van der Waals surface area contributed by atoms with Gasteiger partial charge in [0.1, 0.15) is 22.2 Å². The average Bonchev–Trinajstić information content (AvgIpc) is 3.77. The number of hydrogen-bond donors (Lipinski definition) is 1. The number of para-hydroxylation sites is 2. The average molecular weight is 670 g/mol. The summed E-state index contributed by atoms with van der Waals surface area (Å²) in [5.74, 6) is 0. The molecule has 0 unspecified atom stereocenters. The number of fused-ring (bicyclic) bond motifs is 6. The second-order valence-corrected chi connectivity index (χ2v) is 13.7. The third kappa shape index (κ3) is 5.21. The highest BCUT2D eigenvalue weighted by Gasteiger charge is 2.17. The van der Waals surface area contributed by atoms with E-state index < -0.39 is 0 Å². The number of anilines is 1. The van der Waals surface area contributed by atoms with Crippen molar-refractivity contribution in [2.75, 3.05) is 5.32 Å². The second kappa shape index (κ2) is 12.3. The van der Waals surface area contributed by atoms with Gasteiger partial charge in [-0.05, 0) is 113 Å². The predicted octanol–water partition coefficient (Wildman–Crippen LogP) is 12.1. The van der Waals surface area contributed by atoms with Crippen LogP contribution in [0.4, 0.5) is 5.69 Å². The maximum atomic E-state index is 6.58. The number of furan rings is 2. The molecule has 2 aromatic heterocycles. The smallest absolute Gasteiger partial charge is 0.143 e. The molecule has 0 radical (unpaired) electrons. The molecule has 248 valence electrons. The van der Waals surface area contributed by atoms with E-state index in [2.05, 4.69) is 158 Å². The molecule has 2 heterocycles. The van der Waals surface area contributed by atoms with Crippen molar-refractivity contribution < 1.29 is 8.83 Å². The van der Waals surface area contributed by atoms with Crippen molar-refractivity contribution in [2.24, 2.45) is 0 Å². The Morgan fingerprint density at radius 2 is 1.15 bits per heavy atom. The van der Waals surface area contributed by atoms with Crippen molar-refractivity contribution in [3.8, 4) is 44.5 Å². The van der Waals surface area contributed by atoms with Gasteiger partial charge >= 0.3 is 0 Å². The van der Waals surface area contributed by atoms with Crippen molar-refractivity contribution in [3.05, 3.63) is 174 Å². The van der Waals surface area contributed by atoms with Gasteiger partial charge in [-0.1, -0.05) is 115 Å². The largest absolute Gasteiger partial charge is 0.456 e. The van der Waals surface area contributed by atoms with Crippen LogP contribution in [0.2, 0.25) is 0 Å². The second-order valence-electron chi connectivity index (χ2n) is 13.7. The highest BCUT2D eigenvalue weighted by atomic mass is 16.3. The lowest BCUT2D eigenvalue weighted by Crippen LogP contribution is -2.28. The van der Waals surface area contributed by atoms with Crippen LogP contribution in [0.15, 0.2) is 167 Å². The minimum Gasteiger partial charge on any atom is -0.456 e. The van der Waals surface area contributed by atoms with Gasteiger partial charge in [0.05, 0.1) is 0 Å². The van der Waals surface area contributed by atoms with Crippen LogP contribution in [-0.2, 0) is 0 Å². The summed E-state index contributed by atoms with van der Waals surface area (Å²) in [6.45, 7) is 2.16. The van der Waals surface area contributed by atoms with Crippen molar-refractivity contribution in [2.45, 2.75) is 19.8 Å². The summed E-state index contributed by atoms with van der Waals surface area (Å²) in [6.07, 6.45) is 4.10. The van der Waals surface area contributed by atoms with Gasteiger partial charge in [0.25, 0.3) is 0 Å². The third-order valence-electron chi connectivity index (χ3n) is 10.5. The minimum absolute atomic E-state index is 0.895. The summed E-state index contributed by atoms with van der Waals surface area (Å²) in [5, 5.41) is 8.31. The number of benzene rings is 7. The van der Waals surface area contributed by atoms with Crippen molar-refractivity contribution in [1.29, 1.82) is 0 Å². The highest BCUT2D eigenvalue weighted by molar-refractivity contribution is 6.11. The Balaban J connectivity index is 1.03. The Kier molecular flexibility index (Phi) is 7.17. The molecule has 10 rings (SSSR count). The van der Waals surface area contributed by atoms with Crippen LogP contribution in [0.1, 0.15) is 18.4 Å². The first-order chi connectivity index (χ1) is 25.7. The Morgan fingerprint density at radius 3 is 1.98 bits per heavy atom. The van der Waals surface area contributed by atoms with Crippen LogP contribution in [-0.4, -0.2) is 0 Å².